The van der Waals surface area contributed by atoms with Gasteiger partial charge in [-0.05, 0) is 30.3 Å². The van der Waals surface area contributed by atoms with Crippen LogP contribution in [0.2, 0.25) is 0 Å². The van der Waals surface area contributed by atoms with Crippen LogP contribution in [0.15, 0.2) is 52.5 Å². The van der Waals surface area contributed by atoms with Gasteiger partial charge in [-0.25, -0.2) is 4.98 Å². The SMILES string of the molecule is O=C(CNC(=O)c1csc(Nc2cccc(C(F)(F)F)c2)n1)NCc1ccco1. The van der Waals surface area contributed by atoms with Crippen molar-refractivity contribution in [2.24, 2.45) is 0 Å². The summed E-state index contributed by atoms with van der Waals surface area (Å²) in [5.74, 6) is -0.409. The van der Waals surface area contributed by atoms with E-state index in [1.165, 1.54) is 23.8 Å². The Balaban J connectivity index is 1.51. The van der Waals surface area contributed by atoms with Crippen LogP contribution in [0.3, 0.4) is 0 Å². The molecular weight excluding hydrogens is 409 g/mol. The summed E-state index contributed by atoms with van der Waals surface area (Å²) in [7, 11) is 0. The molecule has 152 valence electrons. The molecule has 0 aliphatic heterocycles. The number of nitrogens with one attached hydrogen (secondary N) is 3. The van der Waals surface area contributed by atoms with Crippen molar-refractivity contribution >= 4 is 34.0 Å². The summed E-state index contributed by atoms with van der Waals surface area (Å²) >= 11 is 1.05. The highest BCUT2D eigenvalue weighted by Gasteiger charge is 2.30. The van der Waals surface area contributed by atoms with Crippen molar-refractivity contribution in [3.63, 3.8) is 0 Å². The van der Waals surface area contributed by atoms with E-state index in [0.717, 1.165) is 23.5 Å². The predicted octanol–water partition coefficient (Wildman–Crippen LogP) is 3.54. The normalized spacial score (nSPS) is 11.1. The van der Waals surface area contributed by atoms with Crippen LogP contribution in [0.25, 0.3) is 0 Å². The lowest BCUT2D eigenvalue weighted by Gasteiger charge is -2.09. The van der Waals surface area contributed by atoms with Crippen LogP contribution in [0.1, 0.15) is 21.8 Å². The lowest BCUT2D eigenvalue weighted by atomic mass is 10.2. The Kier molecular flexibility index (Phi) is 6.17. The number of anilines is 2. The Bertz CT molecular complexity index is 986. The largest absolute Gasteiger partial charge is 0.467 e. The average molecular weight is 424 g/mol. The van der Waals surface area contributed by atoms with Crippen LogP contribution in [0.4, 0.5) is 24.0 Å². The molecule has 0 saturated carbocycles. The van der Waals surface area contributed by atoms with Gasteiger partial charge in [0.2, 0.25) is 5.91 Å². The van der Waals surface area contributed by atoms with E-state index in [-0.39, 0.29) is 29.6 Å². The van der Waals surface area contributed by atoms with Gasteiger partial charge in [0.05, 0.1) is 24.9 Å². The molecule has 2 aromatic heterocycles. The van der Waals surface area contributed by atoms with Crippen molar-refractivity contribution in [2.75, 3.05) is 11.9 Å². The van der Waals surface area contributed by atoms with Gasteiger partial charge < -0.3 is 20.4 Å². The number of benzene rings is 1. The fourth-order valence-corrected chi connectivity index (χ4v) is 2.96. The number of nitrogens with zero attached hydrogens (tertiary/aromatic N) is 1. The molecule has 0 unspecified atom stereocenters. The number of furan rings is 1. The Morgan fingerprint density at radius 2 is 1.97 bits per heavy atom. The number of hydrogen-bond donors (Lipinski definition) is 3. The van der Waals surface area contributed by atoms with E-state index in [1.54, 1.807) is 12.1 Å². The minimum atomic E-state index is -4.46. The molecule has 11 heteroatoms. The third kappa shape index (κ3) is 5.82. The van der Waals surface area contributed by atoms with Gasteiger partial charge in [0.15, 0.2) is 5.13 Å². The third-order valence-electron chi connectivity index (χ3n) is 3.63. The predicted molar refractivity (Wildman–Crippen MR) is 99.7 cm³/mol. The number of aromatic nitrogens is 1. The van der Waals surface area contributed by atoms with E-state index in [0.29, 0.717) is 5.76 Å². The van der Waals surface area contributed by atoms with Crippen molar-refractivity contribution in [3.05, 3.63) is 65.1 Å². The summed E-state index contributed by atoms with van der Waals surface area (Å²) in [6.45, 7) is -0.0586. The van der Waals surface area contributed by atoms with E-state index >= 15 is 0 Å². The zero-order valence-electron chi connectivity index (χ0n) is 14.7. The van der Waals surface area contributed by atoms with Gasteiger partial charge in [0.25, 0.3) is 5.91 Å². The van der Waals surface area contributed by atoms with Gasteiger partial charge in [0.1, 0.15) is 11.5 Å². The molecule has 3 aromatic rings. The number of alkyl halides is 3. The number of amides is 2. The Hall–Kier alpha value is -3.34. The first-order valence-electron chi connectivity index (χ1n) is 8.28. The molecule has 0 fully saturated rings. The van der Waals surface area contributed by atoms with Crippen molar-refractivity contribution in [3.8, 4) is 0 Å². The van der Waals surface area contributed by atoms with Gasteiger partial charge >= 0.3 is 6.18 Å². The molecule has 0 aliphatic rings. The summed E-state index contributed by atoms with van der Waals surface area (Å²) in [5.41, 5.74) is -0.556. The number of thiazole rings is 1. The number of hydrogen-bond acceptors (Lipinski definition) is 6. The Labute approximate surface area is 166 Å². The van der Waals surface area contributed by atoms with Gasteiger partial charge in [-0.2, -0.15) is 13.2 Å². The van der Waals surface area contributed by atoms with E-state index < -0.39 is 23.6 Å². The average Bonchev–Trinajstić information content (AvgIpc) is 3.36. The Morgan fingerprint density at radius 3 is 2.69 bits per heavy atom. The van der Waals surface area contributed by atoms with Crippen molar-refractivity contribution in [1.29, 1.82) is 0 Å². The molecular formula is C18H15F3N4O3S. The lowest BCUT2D eigenvalue weighted by Crippen LogP contribution is -2.36. The molecule has 0 aliphatic carbocycles. The highest BCUT2D eigenvalue weighted by Crippen LogP contribution is 2.31. The van der Waals surface area contributed by atoms with E-state index in [1.807, 2.05) is 0 Å². The van der Waals surface area contributed by atoms with Gasteiger partial charge in [-0.3, -0.25) is 9.59 Å². The molecule has 0 bridgehead atoms. The summed E-state index contributed by atoms with van der Waals surface area (Å²) in [4.78, 5) is 27.9. The molecule has 7 nitrogen and oxygen atoms in total. The molecule has 0 radical (unpaired) electrons. The first-order valence-corrected chi connectivity index (χ1v) is 9.16. The standard InChI is InChI=1S/C18H15F3N4O3S/c19-18(20,21)11-3-1-4-12(7-11)24-17-25-14(10-29-17)16(27)23-9-15(26)22-8-13-5-2-6-28-13/h1-7,10H,8-9H2,(H,22,26)(H,23,27)(H,24,25). The third-order valence-corrected chi connectivity index (χ3v) is 4.39. The highest BCUT2D eigenvalue weighted by molar-refractivity contribution is 7.14. The summed E-state index contributed by atoms with van der Waals surface area (Å²) in [6.07, 6.45) is -2.97. The molecule has 3 rings (SSSR count). The second-order valence-corrected chi connectivity index (χ2v) is 6.64. The van der Waals surface area contributed by atoms with Crippen LogP contribution in [-0.2, 0) is 17.5 Å². The first-order chi connectivity index (χ1) is 13.8. The second kappa shape index (κ2) is 8.78. The summed E-state index contributed by atoms with van der Waals surface area (Å²) in [6, 6.07) is 8.03. The molecule has 2 heterocycles. The minimum absolute atomic E-state index is 0.0447. The number of halogens is 3. The topological polar surface area (TPSA) is 96.3 Å². The Morgan fingerprint density at radius 1 is 1.14 bits per heavy atom. The van der Waals surface area contributed by atoms with Crippen molar-refractivity contribution in [2.45, 2.75) is 12.7 Å². The van der Waals surface area contributed by atoms with Crippen LogP contribution < -0.4 is 16.0 Å². The smallest absolute Gasteiger partial charge is 0.416 e. The summed E-state index contributed by atoms with van der Waals surface area (Å²) in [5, 5.41) is 9.41. The maximum absolute atomic E-state index is 12.8. The number of rotatable bonds is 7. The van der Waals surface area contributed by atoms with Crippen LogP contribution in [0.5, 0.6) is 0 Å². The maximum atomic E-state index is 12.8. The molecule has 3 N–H and O–H groups in total. The van der Waals surface area contributed by atoms with E-state index in [2.05, 4.69) is 20.9 Å². The van der Waals surface area contributed by atoms with Crippen LogP contribution >= 0.6 is 11.3 Å². The zero-order valence-corrected chi connectivity index (χ0v) is 15.6. The van der Waals surface area contributed by atoms with Gasteiger partial charge in [-0.1, -0.05) is 6.07 Å². The molecule has 2 amide bonds. The molecule has 0 atom stereocenters. The molecule has 29 heavy (non-hydrogen) atoms. The quantitative estimate of drug-likeness (QED) is 0.539. The maximum Gasteiger partial charge on any atom is 0.416 e. The second-order valence-electron chi connectivity index (χ2n) is 5.78. The first kappa shape index (κ1) is 20.4. The summed E-state index contributed by atoms with van der Waals surface area (Å²) < 4.78 is 43.4. The minimum Gasteiger partial charge on any atom is -0.467 e. The van der Waals surface area contributed by atoms with E-state index in [9.17, 15) is 22.8 Å². The van der Waals surface area contributed by atoms with Crippen LogP contribution in [-0.4, -0.2) is 23.3 Å². The van der Waals surface area contributed by atoms with Gasteiger partial charge in [-0.15, -0.1) is 11.3 Å². The van der Waals surface area contributed by atoms with E-state index in [4.69, 9.17) is 4.42 Å². The monoisotopic (exact) mass is 424 g/mol. The number of carbonyl (C=O) groups is 2. The fourth-order valence-electron chi connectivity index (χ4n) is 2.24. The highest BCUT2D eigenvalue weighted by atomic mass is 32.1. The van der Waals surface area contributed by atoms with Crippen molar-refractivity contribution < 1.29 is 27.2 Å². The number of carbonyl (C=O) groups excluding carboxylic acids is 2. The van der Waals surface area contributed by atoms with Gasteiger partial charge in [0, 0.05) is 11.1 Å². The lowest BCUT2D eigenvalue weighted by molar-refractivity contribution is -0.137. The zero-order chi connectivity index (χ0) is 20.9. The molecule has 0 spiro atoms. The molecule has 1 aromatic carbocycles. The van der Waals surface area contributed by atoms with Crippen LogP contribution in [0, 0.1) is 0 Å². The van der Waals surface area contributed by atoms with Crippen molar-refractivity contribution in [1.82, 2.24) is 15.6 Å². The molecule has 0 saturated heterocycles. The fraction of sp³-hybridized carbons (Fsp3) is 0.167.